The Morgan fingerprint density at radius 1 is 1.55 bits per heavy atom. The maximum absolute atomic E-state index is 10.2. The summed E-state index contributed by atoms with van der Waals surface area (Å²) in [6.07, 6.45) is 0. The molecule has 0 fully saturated rings. The Hall–Kier alpha value is -0.690. The molecule has 0 aliphatic carbocycles. The van der Waals surface area contributed by atoms with E-state index in [0.717, 1.165) is 0 Å². The summed E-state index contributed by atoms with van der Waals surface area (Å²) >= 11 is 0. The van der Waals surface area contributed by atoms with Gasteiger partial charge in [0.1, 0.15) is 6.61 Å². The standard InChI is InChI=1S/C4H9NO5S/c1-4(2,5(6)7)3-10-11(8)9/h11H,3H2,1-2H3. The summed E-state index contributed by atoms with van der Waals surface area (Å²) in [4.78, 5) is 9.57. The Labute approximate surface area is 65.5 Å². The van der Waals surface area contributed by atoms with Gasteiger partial charge in [0.2, 0.25) is 5.54 Å². The van der Waals surface area contributed by atoms with Gasteiger partial charge in [-0.3, -0.25) is 14.3 Å². The first-order valence-corrected chi connectivity index (χ1v) is 3.87. The topological polar surface area (TPSA) is 86.5 Å². The lowest BCUT2D eigenvalue weighted by atomic mass is 10.1. The summed E-state index contributed by atoms with van der Waals surface area (Å²) < 4.78 is 23.8. The number of hydrogen-bond donors (Lipinski definition) is 1. The molecule has 0 aromatic heterocycles. The molecule has 11 heavy (non-hydrogen) atoms. The summed E-state index contributed by atoms with van der Waals surface area (Å²) in [7, 11) is -2.99. The zero-order valence-corrected chi connectivity index (χ0v) is 7.04. The van der Waals surface area contributed by atoms with Crippen molar-refractivity contribution < 1.29 is 17.5 Å². The minimum atomic E-state index is -2.99. The molecule has 0 N–H and O–H groups in total. The van der Waals surface area contributed by atoms with Crippen LogP contribution in [0.25, 0.3) is 0 Å². The van der Waals surface area contributed by atoms with Crippen LogP contribution in [0.5, 0.6) is 0 Å². The first-order chi connectivity index (χ1) is 4.86. The zero-order valence-electron chi connectivity index (χ0n) is 6.14. The van der Waals surface area contributed by atoms with E-state index in [1.165, 1.54) is 13.8 Å². The number of rotatable bonds is 4. The Morgan fingerprint density at radius 2 is 2.00 bits per heavy atom. The second-order valence-corrected chi connectivity index (χ2v) is 3.27. The molecular formula is C4H9NO5S. The number of nitrogens with zero attached hydrogens (tertiary/aromatic N) is 1. The van der Waals surface area contributed by atoms with Crippen molar-refractivity contribution in [2.45, 2.75) is 19.4 Å². The Bertz CT molecular complexity index is 213. The molecule has 0 spiro atoms. The highest BCUT2D eigenvalue weighted by Crippen LogP contribution is 2.07. The summed E-state index contributed by atoms with van der Waals surface area (Å²) in [6, 6.07) is 0. The minimum absolute atomic E-state index is 0.432. The lowest BCUT2D eigenvalue weighted by Gasteiger charge is -2.12. The molecule has 0 aromatic rings. The molecule has 0 aliphatic rings. The van der Waals surface area contributed by atoms with Crippen molar-refractivity contribution in [1.29, 1.82) is 0 Å². The fourth-order valence-electron chi connectivity index (χ4n) is 0.263. The fourth-order valence-corrected chi connectivity index (χ4v) is 0.685. The molecule has 0 unspecified atom stereocenters. The van der Waals surface area contributed by atoms with Crippen LogP contribution in [0.4, 0.5) is 0 Å². The lowest BCUT2D eigenvalue weighted by molar-refractivity contribution is -0.562. The van der Waals surface area contributed by atoms with E-state index in [1.807, 2.05) is 0 Å². The largest absolute Gasteiger partial charge is 0.265 e. The molecule has 0 rings (SSSR count). The smallest absolute Gasteiger partial charge is 0.257 e. The highest BCUT2D eigenvalue weighted by molar-refractivity contribution is 7.67. The Morgan fingerprint density at radius 3 is 2.27 bits per heavy atom. The number of hydrogen-bond acceptors (Lipinski definition) is 5. The average Bonchev–Trinajstić information content (AvgIpc) is 1.84. The van der Waals surface area contributed by atoms with Crippen molar-refractivity contribution in [3.05, 3.63) is 10.1 Å². The second kappa shape index (κ2) is 3.63. The van der Waals surface area contributed by atoms with Gasteiger partial charge in [0.05, 0.1) is 0 Å². The van der Waals surface area contributed by atoms with Gasteiger partial charge in [0, 0.05) is 18.8 Å². The first kappa shape index (κ1) is 10.3. The van der Waals surface area contributed by atoms with E-state index in [9.17, 15) is 18.5 Å². The Kier molecular flexibility index (Phi) is 3.40. The van der Waals surface area contributed by atoms with E-state index < -0.39 is 28.1 Å². The van der Waals surface area contributed by atoms with E-state index >= 15 is 0 Å². The van der Waals surface area contributed by atoms with E-state index in [4.69, 9.17) is 0 Å². The van der Waals surface area contributed by atoms with Crippen LogP contribution in [-0.4, -0.2) is 25.5 Å². The van der Waals surface area contributed by atoms with Crippen LogP contribution in [0.3, 0.4) is 0 Å². The summed E-state index contributed by atoms with van der Waals surface area (Å²) in [5.74, 6) is 0. The average molecular weight is 183 g/mol. The van der Waals surface area contributed by atoms with Crippen molar-refractivity contribution in [1.82, 2.24) is 0 Å². The van der Waals surface area contributed by atoms with Crippen molar-refractivity contribution >= 4 is 11.0 Å². The van der Waals surface area contributed by atoms with E-state index in [2.05, 4.69) is 4.18 Å². The third-order valence-electron chi connectivity index (χ3n) is 1.02. The van der Waals surface area contributed by atoms with Gasteiger partial charge in [-0.25, -0.2) is 8.42 Å². The Balaban J connectivity index is 4.02. The third kappa shape index (κ3) is 3.89. The predicted molar refractivity (Wildman–Crippen MR) is 37.3 cm³/mol. The van der Waals surface area contributed by atoms with Gasteiger partial charge in [-0.2, -0.15) is 0 Å². The molecule has 6 nitrogen and oxygen atoms in total. The van der Waals surface area contributed by atoms with Gasteiger partial charge in [0.25, 0.3) is 11.0 Å². The highest BCUT2D eigenvalue weighted by atomic mass is 32.2. The number of thiol groups is 1. The predicted octanol–water partition coefficient (Wildman–Crippen LogP) is -0.415. The molecule has 0 aliphatic heterocycles. The molecule has 0 aromatic carbocycles. The summed E-state index contributed by atoms with van der Waals surface area (Å²) in [6.45, 7) is 2.14. The molecule has 0 heterocycles. The maximum Gasteiger partial charge on any atom is 0.257 e. The quantitative estimate of drug-likeness (QED) is 0.363. The molecule has 7 heteroatoms. The van der Waals surface area contributed by atoms with Crippen LogP contribution >= 0.6 is 0 Å². The van der Waals surface area contributed by atoms with Crippen LogP contribution in [0.2, 0.25) is 0 Å². The fraction of sp³-hybridized carbons (Fsp3) is 1.00. The lowest BCUT2D eigenvalue weighted by Crippen LogP contribution is -2.36. The van der Waals surface area contributed by atoms with E-state index in [0.29, 0.717) is 0 Å². The minimum Gasteiger partial charge on any atom is -0.265 e. The molecular weight excluding hydrogens is 174 g/mol. The molecule has 0 radical (unpaired) electrons. The third-order valence-corrected chi connectivity index (χ3v) is 1.36. The molecule has 0 amide bonds. The van der Waals surface area contributed by atoms with Gasteiger partial charge in [0.15, 0.2) is 0 Å². The van der Waals surface area contributed by atoms with Crippen molar-refractivity contribution in [3.8, 4) is 0 Å². The molecule has 66 valence electrons. The zero-order chi connectivity index (χ0) is 9.07. The first-order valence-electron chi connectivity index (χ1n) is 2.78. The van der Waals surface area contributed by atoms with Crippen LogP contribution in [-0.2, 0) is 15.2 Å². The van der Waals surface area contributed by atoms with E-state index in [-0.39, 0.29) is 0 Å². The van der Waals surface area contributed by atoms with Crippen LogP contribution in [0.15, 0.2) is 0 Å². The van der Waals surface area contributed by atoms with Crippen LogP contribution in [0.1, 0.15) is 13.8 Å². The summed E-state index contributed by atoms with van der Waals surface area (Å²) in [5, 5.41) is 10.2. The monoisotopic (exact) mass is 183 g/mol. The maximum atomic E-state index is 10.2. The highest BCUT2D eigenvalue weighted by Gasteiger charge is 2.31. The van der Waals surface area contributed by atoms with Gasteiger partial charge in [-0.1, -0.05) is 0 Å². The van der Waals surface area contributed by atoms with Gasteiger partial charge in [-0.05, 0) is 0 Å². The van der Waals surface area contributed by atoms with Crippen molar-refractivity contribution in [2.75, 3.05) is 6.61 Å². The molecule has 0 saturated carbocycles. The van der Waals surface area contributed by atoms with Gasteiger partial charge in [-0.15, -0.1) is 0 Å². The van der Waals surface area contributed by atoms with Crippen molar-refractivity contribution in [2.24, 2.45) is 0 Å². The summed E-state index contributed by atoms with van der Waals surface area (Å²) in [5.41, 5.74) is -1.35. The molecule has 0 bridgehead atoms. The van der Waals surface area contributed by atoms with Crippen molar-refractivity contribution in [3.63, 3.8) is 0 Å². The molecule has 0 saturated heterocycles. The van der Waals surface area contributed by atoms with Gasteiger partial charge < -0.3 is 0 Å². The number of nitro groups is 1. The van der Waals surface area contributed by atoms with Gasteiger partial charge >= 0.3 is 0 Å². The van der Waals surface area contributed by atoms with Crippen LogP contribution < -0.4 is 0 Å². The van der Waals surface area contributed by atoms with E-state index in [1.54, 1.807) is 0 Å². The van der Waals surface area contributed by atoms with Crippen LogP contribution in [0, 0.1) is 10.1 Å². The molecule has 0 atom stereocenters. The SMILES string of the molecule is CC(C)(CO[SH](=O)=O)[N+](=O)[O-]. The second-order valence-electron chi connectivity index (χ2n) is 2.57. The normalized spacial score (nSPS) is 11.9.